The summed E-state index contributed by atoms with van der Waals surface area (Å²) in [6.07, 6.45) is 0. The van der Waals surface area contributed by atoms with E-state index in [1.807, 2.05) is 0 Å². The van der Waals surface area contributed by atoms with Gasteiger partial charge < -0.3 is 14.6 Å². The van der Waals surface area contributed by atoms with Crippen LogP contribution in [0.5, 0.6) is 0 Å². The van der Waals surface area contributed by atoms with Gasteiger partial charge in [-0.15, -0.1) is 0 Å². The van der Waals surface area contributed by atoms with Crippen LogP contribution >= 0.6 is 0 Å². The van der Waals surface area contributed by atoms with Crippen molar-refractivity contribution in [2.24, 2.45) is 0 Å². The Hall–Kier alpha value is 1.74. The molecule has 0 amide bonds. The summed E-state index contributed by atoms with van der Waals surface area (Å²) >= 11 is 0. The fraction of sp³-hybridized carbons (Fsp3) is 0. The summed E-state index contributed by atoms with van der Waals surface area (Å²) in [6.45, 7) is 0. The first kappa shape index (κ1) is 23.5. The quantitative estimate of drug-likeness (QED) is 0.263. The molecule has 0 aromatic heterocycles. The van der Waals surface area contributed by atoms with Crippen molar-refractivity contribution in [3.8, 4) is 0 Å². The molecule has 0 aliphatic rings. The first-order chi connectivity index (χ1) is 3.71. The second-order valence-corrected chi connectivity index (χ2v) is 3.06. The molecule has 12 heteroatoms. The van der Waals surface area contributed by atoms with Gasteiger partial charge in [0.05, 0.1) is 0 Å². The van der Waals surface area contributed by atoms with Crippen molar-refractivity contribution in [1.29, 1.82) is 0 Å². The Balaban J connectivity index is -0.000000107. The third kappa shape index (κ3) is 22.6. The van der Waals surface area contributed by atoms with Crippen LogP contribution in [0.4, 0.5) is 0 Å². The Morgan fingerprint density at radius 2 is 1.00 bits per heavy atom. The minimum atomic E-state index is -5.43. The van der Waals surface area contributed by atoms with Gasteiger partial charge in [-0.2, -0.15) is 3.63 Å². The first-order valence-electron chi connectivity index (χ1n) is 1.33. The van der Waals surface area contributed by atoms with Gasteiger partial charge >= 0.3 is 59.1 Å². The van der Waals surface area contributed by atoms with Gasteiger partial charge in [0, 0.05) is 0 Å². The largest absolute Gasteiger partial charge is 1.00 e. The molecular formula is H2Na2O8S2. The van der Waals surface area contributed by atoms with Crippen molar-refractivity contribution in [3.63, 3.8) is 0 Å². The Labute approximate surface area is 113 Å². The van der Waals surface area contributed by atoms with Crippen LogP contribution in [0.15, 0.2) is 0 Å². The Kier molecular flexibility index (Phi) is 15.8. The molecule has 0 heterocycles. The molecule has 0 aromatic carbocycles. The average molecular weight is 240 g/mol. The average Bonchev–Trinajstić information content (AvgIpc) is 1.14. The predicted molar refractivity (Wildman–Crippen MR) is 24.1 cm³/mol. The molecule has 0 aliphatic carbocycles. The summed E-state index contributed by atoms with van der Waals surface area (Å²) in [5, 5.41) is 0. The van der Waals surface area contributed by atoms with Gasteiger partial charge in [-0.3, -0.25) is 0 Å². The molecule has 12 heavy (non-hydrogen) atoms. The van der Waals surface area contributed by atoms with Crippen LogP contribution in [0.25, 0.3) is 0 Å². The molecule has 0 aliphatic heterocycles. The number of hydrogen-bond acceptors (Lipinski definition) is 7. The minimum Gasteiger partial charge on any atom is -0.725 e. The van der Waals surface area contributed by atoms with E-state index in [-0.39, 0.29) is 64.6 Å². The van der Waals surface area contributed by atoms with Crippen molar-refractivity contribution in [2.75, 3.05) is 0 Å². The molecule has 2 N–H and O–H groups in total. The molecule has 0 aromatic rings. The zero-order valence-electron chi connectivity index (χ0n) is 6.17. The van der Waals surface area contributed by atoms with E-state index in [4.69, 9.17) is 0 Å². The van der Waals surface area contributed by atoms with Crippen LogP contribution in [0, 0.1) is 0 Å². The summed E-state index contributed by atoms with van der Waals surface area (Å²) < 4.78 is 58.2. The molecule has 0 bridgehead atoms. The fourth-order valence-electron chi connectivity index (χ4n) is 0.102. The van der Waals surface area contributed by atoms with E-state index in [0.717, 1.165) is 0 Å². The van der Waals surface area contributed by atoms with Crippen LogP contribution < -0.4 is 59.1 Å². The van der Waals surface area contributed by atoms with Crippen LogP contribution in [0.1, 0.15) is 0 Å². The van der Waals surface area contributed by atoms with Crippen molar-refractivity contribution in [2.45, 2.75) is 0 Å². The van der Waals surface area contributed by atoms with E-state index < -0.39 is 20.8 Å². The minimum absolute atomic E-state index is 0. The van der Waals surface area contributed by atoms with Crippen molar-refractivity contribution < 1.29 is 94.2 Å². The van der Waals surface area contributed by atoms with Crippen LogP contribution in [0.3, 0.4) is 0 Å². The molecule has 0 fully saturated rings. The van der Waals surface area contributed by atoms with E-state index in [1.165, 1.54) is 0 Å². The van der Waals surface area contributed by atoms with Crippen LogP contribution in [-0.2, 0) is 24.4 Å². The molecule has 0 atom stereocenters. The molecule has 0 rings (SSSR count). The molecule has 0 spiro atoms. The monoisotopic (exact) mass is 240 g/mol. The maximum Gasteiger partial charge on any atom is 1.00 e. The Morgan fingerprint density at radius 1 is 0.833 bits per heavy atom. The predicted octanol–water partition coefficient (Wildman–Crippen LogP) is -8.89. The van der Waals surface area contributed by atoms with Crippen molar-refractivity contribution in [3.05, 3.63) is 0 Å². The maximum atomic E-state index is 9.29. The zero-order valence-corrected chi connectivity index (χ0v) is 11.8. The van der Waals surface area contributed by atoms with Gasteiger partial charge in [0.15, 0.2) is 0 Å². The second kappa shape index (κ2) is 8.08. The standard InChI is InChI=1S/2Na.H2O7S2.H2O/c;;1-8(2,3)7-9(4,5)6;/h;;(H,1,2,3)(H,4,5,6);1H2/q2*+1;;/p-2. The molecule has 0 unspecified atom stereocenters. The summed E-state index contributed by atoms with van der Waals surface area (Å²) in [5.41, 5.74) is 0. The van der Waals surface area contributed by atoms with E-state index in [1.54, 1.807) is 0 Å². The Morgan fingerprint density at radius 3 is 1.00 bits per heavy atom. The zero-order chi connectivity index (χ0) is 7.71. The molecule has 0 saturated carbocycles. The maximum absolute atomic E-state index is 9.29. The molecular weight excluding hydrogens is 238 g/mol. The van der Waals surface area contributed by atoms with Crippen molar-refractivity contribution in [1.82, 2.24) is 0 Å². The molecule has 0 saturated heterocycles. The van der Waals surface area contributed by atoms with E-state index in [2.05, 4.69) is 3.63 Å². The smallest absolute Gasteiger partial charge is 0.725 e. The summed E-state index contributed by atoms with van der Waals surface area (Å²) in [7, 11) is -10.9. The van der Waals surface area contributed by atoms with Gasteiger partial charge in [-0.1, -0.05) is 0 Å². The van der Waals surface area contributed by atoms with Crippen LogP contribution in [-0.4, -0.2) is 31.4 Å². The van der Waals surface area contributed by atoms with E-state index in [0.29, 0.717) is 0 Å². The third-order valence-electron chi connectivity index (χ3n) is 0.167. The van der Waals surface area contributed by atoms with Gasteiger partial charge in [-0.05, 0) is 0 Å². The second-order valence-electron chi connectivity index (χ2n) is 0.885. The summed E-state index contributed by atoms with van der Waals surface area (Å²) in [5.74, 6) is 0. The summed E-state index contributed by atoms with van der Waals surface area (Å²) in [6, 6.07) is 0. The van der Waals surface area contributed by atoms with Crippen molar-refractivity contribution >= 4 is 20.8 Å². The molecule has 0 radical (unpaired) electrons. The Bertz CT molecular complexity index is 240. The first-order valence-corrected chi connectivity index (χ1v) is 4.00. The van der Waals surface area contributed by atoms with Gasteiger partial charge in [0.2, 0.25) is 20.8 Å². The number of hydrogen-bond donors (Lipinski definition) is 0. The molecule has 64 valence electrons. The van der Waals surface area contributed by atoms with E-state index >= 15 is 0 Å². The summed E-state index contributed by atoms with van der Waals surface area (Å²) in [4.78, 5) is 0. The topological polar surface area (TPSA) is 155 Å². The SMILES string of the molecule is O.O=S(=O)([O-])OS(=O)(=O)[O-].[Na+].[Na+]. The van der Waals surface area contributed by atoms with Crippen LogP contribution in [0.2, 0.25) is 0 Å². The fourth-order valence-corrected chi connectivity index (χ4v) is 0.919. The van der Waals surface area contributed by atoms with Gasteiger partial charge in [-0.25, -0.2) is 16.8 Å². The third-order valence-corrected chi connectivity index (χ3v) is 1.50. The molecule has 8 nitrogen and oxygen atoms in total. The van der Waals surface area contributed by atoms with E-state index in [9.17, 15) is 25.9 Å². The normalized spacial score (nSPS) is 10.2. The van der Waals surface area contributed by atoms with Gasteiger partial charge in [0.1, 0.15) is 0 Å². The van der Waals surface area contributed by atoms with Gasteiger partial charge in [0.25, 0.3) is 0 Å². The number of rotatable bonds is 2.